The largest absolute Gasteiger partial charge is 0.461 e. The van der Waals surface area contributed by atoms with Crippen LogP contribution in [-0.2, 0) is 17.5 Å². The summed E-state index contributed by atoms with van der Waals surface area (Å²) >= 11 is 0. The summed E-state index contributed by atoms with van der Waals surface area (Å²) in [5.41, 5.74) is 5.00. The molecule has 0 saturated heterocycles. The maximum atomic E-state index is 12.9. The van der Waals surface area contributed by atoms with E-state index in [-0.39, 0.29) is 41.9 Å². The van der Waals surface area contributed by atoms with Crippen molar-refractivity contribution in [1.29, 1.82) is 0 Å². The van der Waals surface area contributed by atoms with Gasteiger partial charge in [0.15, 0.2) is 5.69 Å². The van der Waals surface area contributed by atoms with Crippen molar-refractivity contribution < 1.29 is 27.3 Å². The van der Waals surface area contributed by atoms with Gasteiger partial charge in [-0.2, -0.15) is 17.9 Å². The molecule has 0 amide bonds. The third-order valence-corrected chi connectivity index (χ3v) is 3.58. The van der Waals surface area contributed by atoms with Crippen molar-refractivity contribution in [2.45, 2.75) is 19.6 Å². The first kappa shape index (κ1) is 19.1. The summed E-state index contributed by atoms with van der Waals surface area (Å²) in [5.74, 6) is -0.894. The number of nitrogens with zero attached hydrogens (tertiary/aromatic N) is 5. The molecule has 0 spiro atoms. The third kappa shape index (κ3) is 3.87. The Labute approximate surface area is 155 Å². The number of nitrogens with two attached hydrogens (primary N) is 1. The van der Waals surface area contributed by atoms with Crippen LogP contribution in [0.15, 0.2) is 28.9 Å². The molecule has 148 valence electrons. The van der Waals surface area contributed by atoms with E-state index in [1.165, 1.54) is 12.1 Å². The molecule has 3 aromatic rings. The smallest absolute Gasteiger partial charge is 0.416 e. The van der Waals surface area contributed by atoms with Gasteiger partial charge in [0.25, 0.3) is 0 Å². The number of aromatic nitrogens is 5. The quantitative estimate of drug-likeness (QED) is 0.599. The van der Waals surface area contributed by atoms with Crippen LogP contribution in [0, 0.1) is 0 Å². The van der Waals surface area contributed by atoms with E-state index in [0.29, 0.717) is 0 Å². The predicted octanol–water partition coefficient (Wildman–Crippen LogP) is 2.04. The Morgan fingerprint density at radius 2 is 2.14 bits per heavy atom. The van der Waals surface area contributed by atoms with Crippen molar-refractivity contribution >= 4 is 17.5 Å². The van der Waals surface area contributed by atoms with Gasteiger partial charge in [-0.3, -0.25) is 0 Å². The van der Waals surface area contributed by atoms with Crippen LogP contribution in [0.1, 0.15) is 28.7 Å². The average Bonchev–Trinajstić information content (AvgIpc) is 3.25. The average molecular weight is 397 g/mol. The molecule has 0 saturated carbocycles. The zero-order valence-corrected chi connectivity index (χ0v) is 14.4. The monoisotopic (exact) mass is 397 g/mol. The molecule has 0 bridgehead atoms. The Kier molecular flexibility index (Phi) is 5.15. The van der Waals surface area contributed by atoms with E-state index in [1.54, 1.807) is 6.92 Å². The number of benzene rings is 1. The molecule has 0 aliphatic carbocycles. The van der Waals surface area contributed by atoms with Crippen LogP contribution in [0.3, 0.4) is 0 Å². The van der Waals surface area contributed by atoms with Crippen LogP contribution in [0.2, 0.25) is 0 Å². The second-order valence-corrected chi connectivity index (χ2v) is 5.42. The lowest BCUT2D eigenvalue weighted by atomic mass is 10.2. The number of alkyl halides is 3. The highest BCUT2D eigenvalue weighted by Gasteiger charge is 2.30. The molecule has 3 N–H and O–H groups in total. The summed E-state index contributed by atoms with van der Waals surface area (Å²) in [6.45, 7) is 1.58. The van der Waals surface area contributed by atoms with Gasteiger partial charge in [-0.15, -0.1) is 5.10 Å². The maximum absolute atomic E-state index is 12.9. The number of nitrogens with one attached hydrogen (secondary N) is 1. The van der Waals surface area contributed by atoms with E-state index in [2.05, 4.69) is 30.6 Å². The van der Waals surface area contributed by atoms with Crippen molar-refractivity contribution in [3.05, 3.63) is 41.2 Å². The number of rotatable bonds is 6. The Balaban J connectivity index is 1.93. The molecular weight excluding hydrogens is 383 g/mol. The summed E-state index contributed by atoms with van der Waals surface area (Å²) in [7, 11) is 0. The van der Waals surface area contributed by atoms with E-state index in [1.807, 2.05) is 0 Å². The first-order valence-electron chi connectivity index (χ1n) is 7.92. The fourth-order valence-corrected chi connectivity index (χ4v) is 2.32. The summed E-state index contributed by atoms with van der Waals surface area (Å²) in [6.07, 6.45) is -4.49. The maximum Gasteiger partial charge on any atom is 0.416 e. The van der Waals surface area contributed by atoms with Gasteiger partial charge in [0.05, 0.1) is 18.7 Å². The summed E-state index contributed by atoms with van der Waals surface area (Å²) < 4.78 is 49.2. The molecule has 13 heteroatoms. The standard InChI is InChI=1S/C15H14F3N7O3/c1-2-27-14(26)11-10(25(24-21-11)13-12(19)22-28-23-13)7-20-9-5-3-4-8(6-9)15(16,17)18/h3-6,20H,2,7H2,1H3,(H2,19,22). The van der Waals surface area contributed by atoms with Gasteiger partial charge in [-0.25, -0.2) is 9.42 Å². The van der Waals surface area contributed by atoms with Crippen LogP contribution < -0.4 is 11.1 Å². The van der Waals surface area contributed by atoms with Crippen molar-refractivity contribution in [3.63, 3.8) is 0 Å². The molecule has 2 aromatic heterocycles. The number of carbonyl (C=O) groups is 1. The van der Waals surface area contributed by atoms with Crippen LogP contribution in [0.25, 0.3) is 5.82 Å². The molecule has 10 nitrogen and oxygen atoms in total. The van der Waals surface area contributed by atoms with Gasteiger partial charge < -0.3 is 15.8 Å². The fourth-order valence-electron chi connectivity index (χ4n) is 2.32. The van der Waals surface area contributed by atoms with E-state index < -0.39 is 17.7 Å². The SMILES string of the molecule is CCOC(=O)c1nnn(-c2nonc2N)c1CNc1cccc(C(F)(F)F)c1. The molecule has 0 unspecified atom stereocenters. The molecule has 0 aliphatic heterocycles. The molecule has 2 heterocycles. The Hall–Kier alpha value is -3.64. The number of carbonyl (C=O) groups excluding carboxylic acids is 1. The van der Waals surface area contributed by atoms with Gasteiger partial charge >= 0.3 is 12.1 Å². The first-order valence-corrected chi connectivity index (χ1v) is 7.92. The number of hydrogen-bond donors (Lipinski definition) is 2. The van der Waals surface area contributed by atoms with Gasteiger partial charge in [-0.1, -0.05) is 11.3 Å². The van der Waals surface area contributed by atoms with Crippen molar-refractivity contribution in [2.75, 3.05) is 17.7 Å². The van der Waals surface area contributed by atoms with E-state index in [4.69, 9.17) is 10.5 Å². The lowest BCUT2D eigenvalue weighted by Crippen LogP contribution is -2.15. The number of halogens is 3. The topological polar surface area (TPSA) is 134 Å². The summed E-state index contributed by atoms with van der Waals surface area (Å²) in [4.78, 5) is 12.1. The number of nitrogen functional groups attached to an aromatic ring is 1. The highest BCUT2D eigenvalue weighted by Crippen LogP contribution is 2.30. The minimum Gasteiger partial charge on any atom is -0.461 e. The Morgan fingerprint density at radius 3 is 2.79 bits per heavy atom. The van der Waals surface area contributed by atoms with Gasteiger partial charge in [0.1, 0.15) is 5.69 Å². The second kappa shape index (κ2) is 7.54. The lowest BCUT2D eigenvalue weighted by molar-refractivity contribution is -0.137. The Morgan fingerprint density at radius 1 is 1.36 bits per heavy atom. The first-order chi connectivity index (χ1) is 13.3. The Bertz CT molecular complexity index is 983. The number of ether oxygens (including phenoxy) is 1. The van der Waals surface area contributed by atoms with E-state index >= 15 is 0 Å². The molecular formula is C15H14F3N7O3. The number of anilines is 2. The van der Waals surface area contributed by atoms with Gasteiger partial charge in [0.2, 0.25) is 11.6 Å². The molecule has 0 radical (unpaired) electrons. The van der Waals surface area contributed by atoms with Crippen molar-refractivity contribution in [1.82, 2.24) is 25.3 Å². The molecule has 1 aromatic carbocycles. The fraction of sp³-hybridized carbons (Fsp3) is 0.267. The van der Waals surface area contributed by atoms with Crippen LogP contribution in [0.4, 0.5) is 24.7 Å². The molecule has 3 rings (SSSR count). The zero-order chi connectivity index (χ0) is 20.3. The van der Waals surface area contributed by atoms with Crippen LogP contribution in [-0.4, -0.2) is 37.9 Å². The molecule has 0 atom stereocenters. The van der Waals surface area contributed by atoms with Crippen molar-refractivity contribution in [3.8, 4) is 5.82 Å². The number of esters is 1. The number of hydrogen-bond acceptors (Lipinski definition) is 9. The summed E-state index contributed by atoms with van der Waals surface area (Å²) in [5, 5.41) is 17.4. The molecule has 0 fully saturated rings. The highest BCUT2D eigenvalue weighted by atomic mass is 19.4. The molecule has 0 aliphatic rings. The predicted molar refractivity (Wildman–Crippen MR) is 88.4 cm³/mol. The summed E-state index contributed by atoms with van der Waals surface area (Å²) in [6, 6.07) is 4.58. The minimum atomic E-state index is -4.49. The second-order valence-electron chi connectivity index (χ2n) is 5.42. The lowest BCUT2D eigenvalue weighted by Gasteiger charge is -2.11. The van der Waals surface area contributed by atoms with Crippen molar-refractivity contribution in [2.24, 2.45) is 0 Å². The van der Waals surface area contributed by atoms with E-state index in [9.17, 15) is 18.0 Å². The highest BCUT2D eigenvalue weighted by molar-refractivity contribution is 5.88. The normalized spacial score (nSPS) is 11.4. The van der Waals surface area contributed by atoms with Crippen LogP contribution in [0.5, 0.6) is 0 Å². The van der Waals surface area contributed by atoms with E-state index in [0.717, 1.165) is 16.8 Å². The van der Waals surface area contributed by atoms with Gasteiger partial charge in [-0.05, 0) is 35.4 Å². The van der Waals surface area contributed by atoms with Gasteiger partial charge in [0, 0.05) is 5.69 Å². The zero-order valence-electron chi connectivity index (χ0n) is 14.4. The minimum absolute atomic E-state index is 0.0242. The molecule has 28 heavy (non-hydrogen) atoms. The third-order valence-electron chi connectivity index (χ3n) is 3.58. The van der Waals surface area contributed by atoms with Crippen LogP contribution >= 0.6 is 0 Å².